The minimum atomic E-state index is -3.45. The van der Waals surface area contributed by atoms with E-state index in [2.05, 4.69) is 5.32 Å². The zero-order chi connectivity index (χ0) is 18.6. The van der Waals surface area contributed by atoms with Crippen LogP contribution in [0.15, 0.2) is 46.0 Å². The fourth-order valence-electron chi connectivity index (χ4n) is 3.06. The van der Waals surface area contributed by atoms with Gasteiger partial charge in [0.15, 0.2) is 0 Å². The third-order valence-electron chi connectivity index (χ3n) is 4.57. The summed E-state index contributed by atoms with van der Waals surface area (Å²) >= 11 is 1.20. The Bertz CT molecular complexity index is 845. The van der Waals surface area contributed by atoms with E-state index < -0.39 is 10.0 Å². The van der Waals surface area contributed by atoms with E-state index in [9.17, 15) is 17.6 Å². The van der Waals surface area contributed by atoms with Gasteiger partial charge in [0.25, 0.3) is 10.0 Å². The van der Waals surface area contributed by atoms with Crippen molar-refractivity contribution in [3.63, 3.8) is 0 Å². The zero-order valence-corrected chi connectivity index (χ0v) is 15.9. The van der Waals surface area contributed by atoms with Gasteiger partial charge in [-0.1, -0.05) is 24.3 Å². The number of rotatable bonds is 6. The number of nitrogens with zero attached hydrogens (tertiary/aromatic N) is 1. The summed E-state index contributed by atoms with van der Waals surface area (Å²) in [5.74, 6) is -0.561. The highest BCUT2D eigenvalue weighted by atomic mass is 32.2. The smallest absolute Gasteiger partial charge is 0.252 e. The van der Waals surface area contributed by atoms with Gasteiger partial charge in [0.05, 0.1) is 0 Å². The molecule has 140 valence electrons. The van der Waals surface area contributed by atoms with Crippen molar-refractivity contribution in [2.24, 2.45) is 5.92 Å². The molecule has 2 aromatic rings. The van der Waals surface area contributed by atoms with Crippen LogP contribution in [0.25, 0.3) is 0 Å². The van der Waals surface area contributed by atoms with E-state index >= 15 is 0 Å². The fourth-order valence-corrected chi connectivity index (χ4v) is 5.68. The number of thiophene rings is 1. The van der Waals surface area contributed by atoms with E-state index in [-0.39, 0.29) is 17.6 Å². The molecule has 5 nitrogen and oxygen atoms in total. The number of amides is 1. The Morgan fingerprint density at radius 3 is 2.58 bits per heavy atom. The molecule has 1 aliphatic heterocycles. The molecule has 1 aromatic heterocycles. The third-order valence-corrected chi connectivity index (χ3v) is 7.84. The number of carbonyl (C=O) groups is 1. The van der Waals surface area contributed by atoms with Crippen LogP contribution in [-0.2, 0) is 21.2 Å². The largest absolute Gasteiger partial charge is 0.356 e. The van der Waals surface area contributed by atoms with Gasteiger partial charge < -0.3 is 5.32 Å². The Balaban J connectivity index is 1.47. The second-order valence-electron chi connectivity index (χ2n) is 6.24. The van der Waals surface area contributed by atoms with Crippen LogP contribution >= 0.6 is 11.3 Å². The third kappa shape index (κ3) is 4.31. The minimum Gasteiger partial charge on any atom is -0.356 e. The number of nitrogens with one attached hydrogen (secondary N) is 1. The second kappa shape index (κ2) is 8.28. The summed E-state index contributed by atoms with van der Waals surface area (Å²) in [6, 6.07) is 9.82. The van der Waals surface area contributed by atoms with E-state index in [1.165, 1.54) is 21.7 Å². The summed E-state index contributed by atoms with van der Waals surface area (Å²) in [6.07, 6.45) is 1.43. The SMILES string of the molecule is O=C(NCCc1ccccc1F)C1CCN(S(=O)(=O)c2cccs2)CC1. The lowest BCUT2D eigenvalue weighted by atomic mass is 9.97. The summed E-state index contributed by atoms with van der Waals surface area (Å²) < 4.78 is 40.3. The van der Waals surface area contributed by atoms with Crippen LogP contribution in [-0.4, -0.2) is 38.3 Å². The number of piperidine rings is 1. The average Bonchev–Trinajstić information content (AvgIpc) is 3.19. The van der Waals surface area contributed by atoms with Crippen molar-refractivity contribution in [2.75, 3.05) is 19.6 Å². The van der Waals surface area contributed by atoms with Crippen molar-refractivity contribution in [3.8, 4) is 0 Å². The fraction of sp³-hybridized carbons (Fsp3) is 0.389. The van der Waals surface area contributed by atoms with Crippen molar-refractivity contribution in [1.82, 2.24) is 9.62 Å². The molecule has 0 aliphatic carbocycles. The predicted molar refractivity (Wildman–Crippen MR) is 98.9 cm³/mol. The maximum Gasteiger partial charge on any atom is 0.252 e. The van der Waals surface area contributed by atoms with Crippen LogP contribution < -0.4 is 5.32 Å². The van der Waals surface area contributed by atoms with Gasteiger partial charge in [-0.25, -0.2) is 12.8 Å². The Labute approximate surface area is 156 Å². The Morgan fingerprint density at radius 1 is 1.19 bits per heavy atom. The molecule has 1 aromatic carbocycles. The summed E-state index contributed by atoms with van der Waals surface area (Å²) in [4.78, 5) is 12.3. The first kappa shape index (κ1) is 19.0. The summed E-state index contributed by atoms with van der Waals surface area (Å²) in [5, 5.41) is 4.58. The van der Waals surface area contributed by atoms with Gasteiger partial charge in [-0.3, -0.25) is 4.79 Å². The lowest BCUT2D eigenvalue weighted by Crippen LogP contribution is -2.43. The first-order valence-electron chi connectivity index (χ1n) is 8.53. The van der Waals surface area contributed by atoms with Crippen LogP contribution in [0.3, 0.4) is 0 Å². The molecule has 0 radical (unpaired) electrons. The van der Waals surface area contributed by atoms with Crippen molar-refractivity contribution >= 4 is 27.3 Å². The van der Waals surface area contributed by atoms with Crippen LogP contribution in [0.5, 0.6) is 0 Å². The van der Waals surface area contributed by atoms with E-state index in [4.69, 9.17) is 0 Å². The van der Waals surface area contributed by atoms with Gasteiger partial charge >= 0.3 is 0 Å². The number of carbonyl (C=O) groups excluding carboxylic acids is 1. The van der Waals surface area contributed by atoms with Gasteiger partial charge in [-0.2, -0.15) is 4.31 Å². The topological polar surface area (TPSA) is 66.5 Å². The van der Waals surface area contributed by atoms with Gasteiger partial charge in [-0.05, 0) is 42.3 Å². The van der Waals surface area contributed by atoms with Gasteiger partial charge in [0.1, 0.15) is 10.0 Å². The van der Waals surface area contributed by atoms with Gasteiger partial charge in [0, 0.05) is 25.6 Å². The van der Waals surface area contributed by atoms with Crippen LogP contribution in [0.4, 0.5) is 4.39 Å². The molecule has 1 saturated heterocycles. The molecule has 0 unspecified atom stereocenters. The monoisotopic (exact) mass is 396 g/mol. The van der Waals surface area contributed by atoms with E-state index in [0.29, 0.717) is 48.7 Å². The number of hydrogen-bond acceptors (Lipinski definition) is 4. The van der Waals surface area contributed by atoms with Crippen LogP contribution in [0.2, 0.25) is 0 Å². The zero-order valence-electron chi connectivity index (χ0n) is 14.2. The summed E-state index contributed by atoms with van der Waals surface area (Å²) in [6.45, 7) is 1.05. The molecular formula is C18H21FN2O3S2. The van der Waals surface area contributed by atoms with Crippen LogP contribution in [0, 0.1) is 11.7 Å². The maximum absolute atomic E-state index is 13.6. The summed E-state index contributed by atoms with van der Waals surface area (Å²) in [7, 11) is -3.45. The molecule has 1 amide bonds. The molecule has 1 fully saturated rings. The van der Waals surface area contributed by atoms with E-state index in [0.717, 1.165) is 0 Å². The molecule has 3 rings (SSSR count). The van der Waals surface area contributed by atoms with Crippen molar-refractivity contribution < 1.29 is 17.6 Å². The van der Waals surface area contributed by atoms with Gasteiger partial charge in [0.2, 0.25) is 5.91 Å². The highest BCUT2D eigenvalue weighted by Crippen LogP contribution is 2.26. The lowest BCUT2D eigenvalue weighted by molar-refractivity contribution is -0.126. The van der Waals surface area contributed by atoms with Gasteiger partial charge in [-0.15, -0.1) is 11.3 Å². The first-order chi connectivity index (χ1) is 12.5. The molecular weight excluding hydrogens is 375 g/mol. The van der Waals surface area contributed by atoms with Crippen molar-refractivity contribution in [2.45, 2.75) is 23.5 Å². The molecule has 8 heteroatoms. The number of benzene rings is 1. The molecule has 1 aliphatic rings. The van der Waals surface area contributed by atoms with Crippen molar-refractivity contribution in [1.29, 1.82) is 0 Å². The molecule has 0 bridgehead atoms. The molecule has 0 saturated carbocycles. The second-order valence-corrected chi connectivity index (χ2v) is 9.36. The number of halogens is 1. The average molecular weight is 397 g/mol. The van der Waals surface area contributed by atoms with E-state index in [1.807, 2.05) is 0 Å². The Morgan fingerprint density at radius 2 is 1.92 bits per heavy atom. The number of sulfonamides is 1. The quantitative estimate of drug-likeness (QED) is 0.816. The highest BCUT2D eigenvalue weighted by molar-refractivity contribution is 7.91. The predicted octanol–water partition coefficient (Wildman–Crippen LogP) is 2.65. The minimum absolute atomic E-state index is 0.0884. The molecule has 2 heterocycles. The van der Waals surface area contributed by atoms with Crippen molar-refractivity contribution in [3.05, 3.63) is 53.2 Å². The lowest BCUT2D eigenvalue weighted by Gasteiger charge is -2.30. The summed E-state index contributed by atoms with van der Waals surface area (Å²) in [5.41, 5.74) is 0.574. The van der Waals surface area contributed by atoms with E-state index in [1.54, 1.807) is 35.7 Å². The molecule has 26 heavy (non-hydrogen) atoms. The highest BCUT2D eigenvalue weighted by Gasteiger charge is 2.32. The Kier molecular flexibility index (Phi) is 6.05. The van der Waals surface area contributed by atoms with Crippen LogP contribution in [0.1, 0.15) is 18.4 Å². The number of hydrogen-bond donors (Lipinski definition) is 1. The molecule has 0 atom stereocenters. The molecule has 0 spiro atoms. The maximum atomic E-state index is 13.6. The normalized spacial score (nSPS) is 16.5. The first-order valence-corrected chi connectivity index (χ1v) is 10.9. The molecule has 1 N–H and O–H groups in total. The Hall–Kier alpha value is -1.77. The standard InChI is InChI=1S/C18H21FN2O3S2/c19-16-5-2-1-4-14(16)7-10-20-18(22)15-8-11-21(12-9-15)26(23,24)17-6-3-13-25-17/h1-6,13,15H,7-12H2,(H,20,22).